The van der Waals surface area contributed by atoms with Crippen LogP contribution in [0.3, 0.4) is 0 Å². The minimum atomic E-state index is -0.293. The maximum atomic E-state index is 12.2. The molecule has 0 saturated heterocycles. The summed E-state index contributed by atoms with van der Waals surface area (Å²) in [5.41, 5.74) is 11.2. The molecule has 0 N–H and O–H groups in total. The number of esters is 4. The molecule has 19 nitrogen and oxygen atoms in total. The number of hydrogen-bond acceptors (Lipinski definition) is 19. The fraction of sp³-hybridized carbons (Fsp3) is 0.490. The van der Waals surface area contributed by atoms with Crippen molar-refractivity contribution in [3.8, 4) is 40.2 Å². The van der Waals surface area contributed by atoms with Crippen LogP contribution >= 0.6 is 0 Å². The smallest absolute Gasteiger partial charge is 0.306 e. The van der Waals surface area contributed by atoms with E-state index in [9.17, 15) is 19.2 Å². The van der Waals surface area contributed by atoms with E-state index in [-0.39, 0.29) is 48.3 Å². The average Bonchev–Trinajstić information content (AvgIpc) is 0.880. The standard InChI is InChI=1S/C26H37NO4.C26H37NO3.2C25H35NO4/c1-5-6-7-12-26(28)31-24(19-27(2)3)20-30-25-11-9-8-10-22(25)16-13-21-14-17-23(29-4)18-15-21;1-5-6-11-26(28)30-25(20-27(2)3)19-16-23-10-8-7-9-22(23)15-12-21-13-17-24(29-4)18-14-21;2*1-5-6-11-25(27)30-23(18-26(2)3)19-29-24-10-8-7-9-21(24)15-12-20-13-16-22(28-4)17-14-20/h8-11,14-15,17-18,24H,5-7,12-13,16,19-20H2,1-4H3;7-10,13-14,17-18,25H,5-6,11-12,15-16,19-20H2,1-4H3;2*7-10,13-14,16-17,23H,5-6,11-12,15,18-19H2,1-4H3/t;25-;23-;/m.11./s1. The Labute approximate surface area is 725 Å². The summed E-state index contributed by atoms with van der Waals surface area (Å²) in [7, 11) is 22.6. The first kappa shape index (κ1) is 102. The second-order valence-electron chi connectivity index (χ2n) is 31.7. The number of para-hydroxylation sites is 3. The van der Waals surface area contributed by atoms with Gasteiger partial charge in [-0.3, -0.25) is 19.2 Å². The molecule has 0 radical (unpaired) electrons. The SMILES string of the molecule is CCCCC(=O)OC(COc1ccccc1CCc1ccc(OC)cc1)CN(C)C.CCCCC(=O)O[C@@H](COc1ccccc1CCc1ccc(OC)cc1)CN(C)C.CCCCC(=O)O[C@H](CCc1ccccc1CCc1ccc(OC)cc1)CN(C)C.CCCCCC(=O)OC(COc1ccccc1CCc1ccc(OC)cc1)CN(C)C. The lowest BCUT2D eigenvalue weighted by atomic mass is 9.96. The second kappa shape index (κ2) is 60.5. The number of aryl methyl sites for hydroxylation is 9. The van der Waals surface area contributed by atoms with E-state index in [0.717, 1.165) is 185 Å². The van der Waals surface area contributed by atoms with Gasteiger partial charge in [0.05, 0.1) is 28.4 Å². The van der Waals surface area contributed by atoms with Gasteiger partial charge in [-0.1, -0.05) is 187 Å². The number of unbranched alkanes of at least 4 members (excludes halogenated alkanes) is 5. The number of methoxy groups -OCH3 is 4. The van der Waals surface area contributed by atoms with Crippen molar-refractivity contribution in [1.82, 2.24) is 19.6 Å². The van der Waals surface area contributed by atoms with Gasteiger partial charge in [0.1, 0.15) is 84.5 Å². The summed E-state index contributed by atoms with van der Waals surface area (Å²) in [5.74, 6) is 5.50. The lowest BCUT2D eigenvalue weighted by Crippen LogP contribution is -2.35. The minimum absolute atomic E-state index is 0.0704. The first-order valence-corrected chi connectivity index (χ1v) is 43.6. The van der Waals surface area contributed by atoms with Crippen LogP contribution in [0.15, 0.2) is 194 Å². The van der Waals surface area contributed by atoms with E-state index < -0.39 is 0 Å². The molecule has 0 amide bonds. The minimum Gasteiger partial charge on any atom is -0.497 e. The van der Waals surface area contributed by atoms with Gasteiger partial charge in [0.25, 0.3) is 0 Å². The Bertz CT molecular complexity index is 3790. The molecule has 0 aromatic heterocycles. The molecule has 4 atom stereocenters. The number of carbonyl (C=O) groups is 4. The molecule has 2 unspecified atom stereocenters. The third-order valence-corrected chi connectivity index (χ3v) is 20.1. The molecule has 19 heteroatoms. The van der Waals surface area contributed by atoms with Gasteiger partial charge in [-0.15, -0.1) is 0 Å². The Balaban J connectivity index is 0.000000287. The Morgan fingerprint density at radius 2 is 0.496 bits per heavy atom. The van der Waals surface area contributed by atoms with E-state index in [0.29, 0.717) is 65.1 Å². The zero-order valence-corrected chi connectivity index (χ0v) is 75.9. The molecule has 8 aromatic carbocycles. The maximum absolute atomic E-state index is 12.2. The second-order valence-corrected chi connectivity index (χ2v) is 31.7. The Hall–Kier alpha value is -9.92. The van der Waals surface area contributed by atoms with E-state index in [2.05, 4.69) is 124 Å². The van der Waals surface area contributed by atoms with Crippen molar-refractivity contribution in [2.75, 3.05) is 131 Å². The Kier molecular flexibility index (Phi) is 50.9. The van der Waals surface area contributed by atoms with Crippen LogP contribution in [0, 0.1) is 0 Å². The van der Waals surface area contributed by atoms with Crippen LogP contribution in [-0.4, -0.2) is 199 Å². The van der Waals surface area contributed by atoms with Crippen LogP contribution < -0.4 is 33.2 Å². The first-order chi connectivity index (χ1) is 58.5. The lowest BCUT2D eigenvalue weighted by Gasteiger charge is -2.22. The fourth-order valence-electron chi connectivity index (χ4n) is 13.4. The van der Waals surface area contributed by atoms with Gasteiger partial charge in [0.2, 0.25) is 0 Å². The highest BCUT2D eigenvalue weighted by Gasteiger charge is 2.23. The van der Waals surface area contributed by atoms with Crippen LogP contribution in [-0.2, 0) is 95.9 Å². The van der Waals surface area contributed by atoms with Crippen LogP contribution in [0.5, 0.6) is 40.2 Å². The van der Waals surface area contributed by atoms with Gasteiger partial charge in [0, 0.05) is 51.9 Å². The number of carbonyl (C=O) groups excluding carboxylic acids is 4. The molecule has 0 fully saturated rings. The van der Waals surface area contributed by atoms with Gasteiger partial charge in [-0.25, -0.2) is 0 Å². The van der Waals surface area contributed by atoms with E-state index in [1.165, 1.54) is 33.4 Å². The summed E-state index contributed by atoms with van der Waals surface area (Å²) in [4.78, 5) is 56.6. The maximum Gasteiger partial charge on any atom is 0.306 e. The first-order valence-electron chi connectivity index (χ1n) is 43.6. The van der Waals surface area contributed by atoms with Crippen LogP contribution in [0.4, 0.5) is 0 Å². The van der Waals surface area contributed by atoms with Gasteiger partial charge in [0.15, 0.2) is 0 Å². The predicted octanol–water partition coefficient (Wildman–Crippen LogP) is 19.0. The third kappa shape index (κ3) is 43.9. The Morgan fingerprint density at radius 3 is 0.760 bits per heavy atom. The molecule has 8 rings (SSSR count). The van der Waals surface area contributed by atoms with E-state index in [1.54, 1.807) is 28.4 Å². The topological polar surface area (TPSA) is 183 Å². The van der Waals surface area contributed by atoms with Crippen molar-refractivity contribution in [3.63, 3.8) is 0 Å². The van der Waals surface area contributed by atoms with Crippen molar-refractivity contribution in [2.45, 2.75) is 200 Å². The van der Waals surface area contributed by atoms with E-state index in [4.69, 9.17) is 52.1 Å². The van der Waals surface area contributed by atoms with Crippen molar-refractivity contribution in [2.24, 2.45) is 0 Å². The summed E-state index contributed by atoms with van der Waals surface area (Å²) in [6.45, 7) is 12.0. The predicted molar refractivity (Wildman–Crippen MR) is 489 cm³/mol. The molecule has 0 spiro atoms. The number of rotatable bonds is 53. The molecule has 0 bridgehead atoms. The monoisotopic (exact) mass is 1670 g/mol. The molecular weight excluding hydrogens is 1520 g/mol. The average molecular weight is 1670 g/mol. The summed E-state index contributed by atoms with van der Waals surface area (Å²) < 4.78 is 62.1. The normalized spacial score (nSPS) is 11.9. The van der Waals surface area contributed by atoms with Gasteiger partial charge in [-0.2, -0.15) is 0 Å². The van der Waals surface area contributed by atoms with Crippen LogP contribution in [0.1, 0.15) is 168 Å². The molecule has 0 aliphatic carbocycles. The highest BCUT2D eigenvalue weighted by atomic mass is 16.6. The zero-order chi connectivity index (χ0) is 87.8. The molecule has 121 heavy (non-hydrogen) atoms. The molecule has 0 aliphatic heterocycles. The highest BCUT2D eigenvalue weighted by molar-refractivity contribution is 5.70. The van der Waals surface area contributed by atoms with Crippen molar-refractivity contribution >= 4 is 23.9 Å². The quantitative estimate of drug-likeness (QED) is 0.0199. The summed E-state index contributed by atoms with van der Waals surface area (Å²) in [6, 6.07) is 65.6. The summed E-state index contributed by atoms with van der Waals surface area (Å²) >= 11 is 0. The van der Waals surface area contributed by atoms with Gasteiger partial charge in [-0.05, 0) is 263 Å². The summed E-state index contributed by atoms with van der Waals surface area (Å²) in [5, 5.41) is 0. The van der Waals surface area contributed by atoms with Crippen molar-refractivity contribution < 1.29 is 71.3 Å². The lowest BCUT2D eigenvalue weighted by molar-refractivity contribution is -0.152. The number of ether oxygens (including phenoxy) is 11. The Morgan fingerprint density at radius 1 is 0.264 bits per heavy atom. The largest absolute Gasteiger partial charge is 0.497 e. The molecule has 662 valence electrons. The molecule has 0 heterocycles. The number of likely N-dealkylation sites (N-methyl/N-ethyl adjacent to an activating group) is 4. The van der Waals surface area contributed by atoms with E-state index in [1.807, 2.05) is 174 Å². The molecule has 0 saturated carbocycles. The van der Waals surface area contributed by atoms with Crippen molar-refractivity contribution in [1.29, 1.82) is 0 Å². The number of nitrogens with zero attached hydrogens (tertiary/aromatic N) is 4. The number of hydrogen-bond donors (Lipinski definition) is 0. The zero-order valence-electron chi connectivity index (χ0n) is 75.9. The molecule has 8 aromatic rings. The summed E-state index contributed by atoms with van der Waals surface area (Å²) in [6.07, 6.45) is 18.6. The fourth-order valence-corrected chi connectivity index (χ4v) is 13.4. The van der Waals surface area contributed by atoms with Crippen molar-refractivity contribution in [3.05, 3.63) is 244 Å². The molecular formula is C102H144N4O15. The van der Waals surface area contributed by atoms with Gasteiger partial charge < -0.3 is 71.7 Å². The van der Waals surface area contributed by atoms with Gasteiger partial charge >= 0.3 is 23.9 Å². The van der Waals surface area contributed by atoms with Crippen LogP contribution in [0.2, 0.25) is 0 Å². The molecule has 0 aliphatic rings. The van der Waals surface area contributed by atoms with Crippen LogP contribution in [0.25, 0.3) is 0 Å². The highest BCUT2D eigenvalue weighted by Crippen LogP contribution is 2.27. The third-order valence-electron chi connectivity index (χ3n) is 20.1. The number of benzene rings is 8. The van der Waals surface area contributed by atoms with E-state index >= 15 is 0 Å².